The van der Waals surface area contributed by atoms with Gasteiger partial charge in [-0.25, -0.2) is 4.79 Å². The third-order valence-corrected chi connectivity index (χ3v) is 5.26. The molecule has 2 aromatic rings. The molecule has 1 heterocycles. The largest absolute Gasteiger partial charge is 0.459 e. The quantitative estimate of drug-likeness (QED) is 0.372. The van der Waals surface area contributed by atoms with E-state index in [4.69, 9.17) is 4.74 Å². The van der Waals surface area contributed by atoms with Crippen LogP contribution in [0.25, 0.3) is 0 Å². The van der Waals surface area contributed by atoms with Crippen LogP contribution in [0.1, 0.15) is 49.8 Å². The molecule has 2 atom stereocenters. The second kappa shape index (κ2) is 10.6. The van der Waals surface area contributed by atoms with Crippen LogP contribution in [0.3, 0.4) is 0 Å². The van der Waals surface area contributed by atoms with Crippen molar-refractivity contribution < 1.29 is 19.1 Å². The van der Waals surface area contributed by atoms with Gasteiger partial charge in [0.05, 0.1) is 12.5 Å². The normalized spacial score (nSPS) is 16.5. The fourth-order valence-electron chi connectivity index (χ4n) is 3.50. The molecule has 0 bridgehead atoms. The van der Waals surface area contributed by atoms with Crippen LogP contribution in [0, 0.1) is 0 Å². The molecule has 2 aromatic carbocycles. The number of likely N-dealkylation sites (tertiary alicyclic amines) is 1. The van der Waals surface area contributed by atoms with Crippen LogP contribution in [0.4, 0.5) is 0 Å². The van der Waals surface area contributed by atoms with E-state index in [1.807, 2.05) is 65.6 Å². The lowest BCUT2D eigenvalue weighted by Crippen LogP contribution is -2.46. The van der Waals surface area contributed by atoms with E-state index in [0.717, 1.165) is 17.5 Å². The number of amides is 2. The molecule has 1 unspecified atom stereocenters. The maximum atomic E-state index is 12.1. The molecule has 0 saturated carbocycles. The van der Waals surface area contributed by atoms with E-state index < -0.39 is 12.0 Å². The van der Waals surface area contributed by atoms with Gasteiger partial charge in [0.2, 0.25) is 11.8 Å². The van der Waals surface area contributed by atoms with Crippen LogP contribution < -0.4 is 5.32 Å². The van der Waals surface area contributed by atoms with E-state index in [1.165, 1.54) is 0 Å². The van der Waals surface area contributed by atoms with Gasteiger partial charge in [0, 0.05) is 13.0 Å². The summed E-state index contributed by atoms with van der Waals surface area (Å²) in [6.45, 7) is 2.45. The molecule has 1 fully saturated rings. The van der Waals surface area contributed by atoms with Crippen LogP contribution in [0.2, 0.25) is 0 Å². The van der Waals surface area contributed by atoms with Crippen LogP contribution in [-0.2, 0) is 25.7 Å². The molecule has 1 N–H and O–H groups in total. The van der Waals surface area contributed by atoms with Crippen molar-refractivity contribution in [1.82, 2.24) is 10.2 Å². The molecule has 0 aliphatic carbocycles. The first-order chi connectivity index (χ1) is 14.5. The molecule has 0 aromatic heterocycles. The highest BCUT2D eigenvalue weighted by atomic mass is 16.5. The Labute approximate surface area is 177 Å². The van der Waals surface area contributed by atoms with Crippen LogP contribution in [-0.4, -0.2) is 35.3 Å². The predicted octanol–water partition coefficient (Wildman–Crippen LogP) is 3.38. The number of esters is 1. The first-order valence-corrected chi connectivity index (χ1v) is 10.4. The molecule has 1 aliphatic rings. The zero-order chi connectivity index (χ0) is 21.3. The molecule has 0 spiro atoms. The van der Waals surface area contributed by atoms with Gasteiger partial charge < -0.3 is 15.0 Å². The average molecular weight is 408 g/mol. The smallest absolute Gasteiger partial charge is 0.328 e. The summed E-state index contributed by atoms with van der Waals surface area (Å²) < 4.78 is 5.24. The summed E-state index contributed by atoms with van der Waals surface area (Å²) in [6, 6.07) is 18.9. The first-order valence-electron chi connectivity index (χ1n) is 10.4. The van der Waals surface area contributed by atoms with E-state index in [0.29, 0.717) is 25.8 Å². The number of hydrogen-bond donors (Lipinski definition) is 1. The number of nitrogens with zero attached hydrogens (tertiary/aromatic N) is 1. The van der Waals surface area contributed by atoms with E-state index in [9.17, 15) is 14.4 Å². The van der Waals surface area contributed by atoms with Crippen molar-refractivity contribution in [3.8, 4) is 0 Å². The number of unbranched alkanes of at least 4 members (excludes halogenated alkanes) is 1. The Morgan fingerprint density at radius 3 is 2.40 bits per heavy atom. The van der Waals surface area contributed by atoms with E-state index in [2.05, 4.69) is 5.32 Å². The van der Waals surface area contributed by atoms with E-state index >= 15 is 0 Å². The molecule has 6 heteroatoms. The predicted molar refractivity (Wildman–Crippen MR) is 113 cm³/mol. The first kappa shape index (κ1) is 21.6. The Balaban J connectivity index is 1.32. The molecule has 1 aliphatic heterocycles. The van der Waals surface area contributed by atoms with Gasteiger partial charge in [0.1, 0.15) is 12.6 Å². The number of nitrogens with one attached hydrogen (secondary N) is 1. The zero-order valence-corrected chi connectivity index (χ0v) is 17.3. The highest BCUT2D eigenvalue weighted by Crippen LogP contribution is 2.34. The summed E-state index contributed by atoms with van der Waals surface area (Å²) in [6.07, 6.45) is 2.26. The summed E-state index contributed by atoms with van der Waals surface area (Å²) in [4.78, 5) is 37.9. The molecule has 30 heavy (non-hydrogen) atoms. The number of carbonyl (C=O) groups is 3. The lowest BCUT2D eigenvalue weighted by Gasteiger charge is -2.41. The van der Waals surface area contributed by atoms with Crippen molar-refractivity contribution >= 4 is 17.8 Å². The Kier molecular flexibility index (Phi) is 7.60. The van der Waals surface area contributed by atoms with Crippen molar-refractivity contribution in [3.05, 3.63) is 71.8 Å². The maximum absolute atomic E-state index is 12.1. The number of benzene rings is 2. The zero-order valence-electron chi connectivity index (χ0n) is 17.3. The summed E-state index contributed by atoms with van der Waals surface area (Å²) in [5, 5.41) is 2.68. The van der Waals surface area contributed by atoms with Crippen molar-refractivity contribution in [3.63, 3.8) is 0 Å². The van der Waals surface area contributed by atoms with Gasteiger partial charge in [0.15, 0.2) is 0 Å². The molecule has 1 saturated heterocycles. The van der Waals surface area contributed by atoms with Crippen molar-refractivity contribution in [2.75, 3.05) is 6.54 Å². The summed E-state index contributed by atoms with van der Waals surface area (Å²) >= 11 is 0. The van der Waals surface area contributed by atoms with Gasteiger partial charge in [-0.15, -0.1) is 0 Å². The maximum Gasteiger partial charge on any atom is 0.328 e. The number of rotatable bonds is 10. The van der Waals surface area contributed by atoms with E-state index in [1.54, 1.807) is 6.92 Å². The molecular weight excluding hydrogens is 380 g/mol. The summed E-state index contributed by atoms with van der Waals surface area (Å²) in [5.74, 6) is -0.485. The van der Waals surface area contributed by atoms with Gasteiger partial charge >= 0.3 is 5.97 Å². The molecule has 0 radical (unpaired) electrons. The fourth-order valence-corrected chi connectivity index (χ4v) is 3.50. The average Bonchev–Trinajstić information content (AvgIpc) is 2.76. The van der Waals surface area contributed by atoms with Crippen molar-refractivity contribution in [2.45, 2.75) is 51.3 Å². The standard InChI is InChI=1S/C24H28N2O4/c1-18(24(29)30-17-19-10-4-2-5-11-19)25-22(27)14-8-9-15-26-21(16-23(26)28)20-12-6-3-7-13-20/h2-7,10-13,18,21H,8-9,14-17H2,1H3,(H,25,27)/t18-,21?/m0/s1. The molecule has 158 valence electrons. The minimum Gasteiger partial charge on any atom is -0.459 e. The third-order valence-electron chi connectivity index (χ3n) is 5.26. The third kappa shape index (κ3) is 5.92. The monoisotopic (exact) mass is 408 g/mol. The van der Waals surface area contributed by atoms with E-state index in [-0.39, 0.29) is 24.5 Å². The number of hydrogen-bond acceptors (Lipinski definition) is 4. The Bertz CT molecular complexity index is 854. The van der Waals surface area contributed by atoms with Gasteiger partial charge in [-0.2, -0.15) is 0 Å². The van der Waals surface area contributed by atoms with Crippen LogP contribution in [0.5, 0.6) is 0 Å². The number of β-lactam (4-membered cyclic amide) rings is 1. The Morgan fingerprint density at radius 1 is 1.07 bits per heavy atom. The van der Waals surface area contributed by atoms with Gasteiger partial charge in [-0.3, -0.25) is 9.59 Å². The second-order valence-corrected chi connectivity index (χ2v) is 7.56. The van der Waals surface area contributed by atoms with Crippen LogP contribution in [0.15, 0.2) is 60.7 Å². The summed E-state index contributed by atoms with van der Waals surface area (Å²) in [7, 11) is 0. The molecule has 6 nitrogen and oxygen atoms in total. The minimum atomic E-state index is -0.694. The van der Waals surface area contributed by atoms with Gasteiger partial charge in [-0.05, 0) is 30.9 Å². The molecule has 2 amide bonds. The molecule has 3 rings (SSSR count). The van der Waals surface area contributed by atoms with Crippen LogP contribution >= 0.6 is 0 Å². The lowest BCUT2D eigenvalue weighted by molar-refractivity contribution is -0.148. The van der Waals surface area contributed by atoms with Gasteiger partial charge in [0.25, 0.3) is 0 Å². The minimum absolute atomic E-state index is 0.145. The Morgan fingerprint density at radius 2 is 1.73 bits per heavy atom. The highest BCUT2D eigenvalue weighted by molar-refractivity contribution is 5.84. The fraction of sp³-hybridized carbons (Fsp3) is 0.375. The summed E-state index contributed by atoms with van der Waals surface area (Å²) in [5.41, 5.74) is 2.05. The van der Waals surface area contributed by atoms with Crippen molar-refractivity contribution in [2.24, 2.45) is 0 Å². The van der Waals surface area contributed by atoms with Crippen molar-refractivity contribution in [1.29, 1.82) is 0 Å². The molecular formula is C24H28N2O4. The second-order valence-electron chi connectivity index (χ2n) is 7.56. The SMILES string of the molecule is C[C@H](NC(=O)CCCCN1C(=O)CC1c1ccccc1)C(=O)OCc1ccccc1. The Hall–Kier alpha value is -3.15. The highest BCUT2D eigenvalue weighted by Gasteiger charge is 2.36. The number of ether oxygens (including phenoxy) is 1. The number of carbonyl (C=O) groups excluding carboxylic acids is 3. The lowest BCUT2D eigenvalue weighted by atomic mass is 9.93. The van der Waals surface area contributed by atoms with Gasteiger partial charge in [-0.1, -0.05) is 60.7 Å². The topological polar surface area (TPSA) is 75.7 Å².